The highest BCUT2D eigenvalue weighted by Crippen LogP contribution is 2.26. The van der Waals surface area contributed by atoms with Crippen LogP contribution in [0.15, 0.2) is 54.0 Å². The van der Waals surface area contributed by atoms with E-state index in [1.54, 1.807) is 30.6 Å². The van der Waals surface area contributed by atoms with E-state index in [1.807, 2.05) is 37.3 Å². The Labute approximate surface area is 190 Å². The molecule has 1 atom stereocenters. The molecule has 5 N–H and O–H groups in total. The van der Waals surface area contributed by atoms with E-state index in [-0.39, 0.29) is 11.8 Å². The average Bonchev–Trinajstić information content (AvgIpc) is 3.25. The van der Waals surface area contributed by atoms with Gasteiger partial charge in [-0.1, -0.05) is 37.3 Å². The SMILES string of the molecule is CCC(NC(=O)c1ccc(Nc2ncsc2C(=O)NCc2ccccc2)c(C)c1)C(N)=O. The number of carbonyl (C=O) groups is 3. The molecule has 1 heterocycles. The van der Waals surface area contributed by atoms with Gasteiger partial charge in [-0.15, -0.1) is 11.3 Å². The van der Waals surface area contributed by atoms with Crippen LogP contribution in [0.1, 0.15) is 44.5 Å². The van der Waals surface area contributed by atoms with Crippen LogP contribution in [0.25, 0.3) is 0 Å². The predicted molar refractivity (Wildman–Crippen MR) is 125 cm³/mol. The maximum atomic E-state index is 12.6. The van der Waals surface area contributed by atoms with Crippen LogP contribution in [-0.4, -0.2) is 28.7 Å². The average molecular weight is 452 g/mol. The largest absolute Gasteiger partial charge is 0.368 e. The van der Waals surface area contributed by atoms with Gasteiger partial charge in [-0.2, -0.15) is 0 Å². The lowest BCUT2D eigenvalue weighted by Crippen LogP contribution is -2.43. The topological polar surface area (TPSA) is 126 Å². The molecule has 3 rings (SSSR count). The zero-order valence-corrected chi connectivity index (χ0v) is 18.7. The number of rotatable bonds is 9. The number of thiazole rings is 1. The van der Waals surface area contributed by atoms with Crippen LogP contribution >= 0.6 is 11.3 Å². The molecule has 0 aliphatic carbocycles. The normalized spacial score (nSPS) is 11.4. The zero-order chi connectivity index (χ0) is 23.1. The Morgan fingerprint density at radius 1 is 1.09 bits per heavy atom. The summed E-state index contributed by atoms with van der Waals surface area (Å²) in [7, 11) is 0. The van der Waals surface area contributed by atoms with Crippen molar-refractivity contribution in [2.75, 3.05) is 5.32 Å². The molecule has 2 aromatic carbocycles. The summed E-state index contributed by atoms with van der Waals surface area (Å²) < 4.78 is 0. The molecule has 0 saturated heterocycles. The standard InChI is InChI=1S/C23H25N5O3S/c1-3-17(20(24)29)28-22(30)16-9-10-18(14(2)11-16)27-21-19(32-13-26-21)23(31)25-12-15-7-5-4-6-8-15/h4-11,13,17,27H,3,12H2,1-2H3,(H2,24,29)(H,25,31)(H,28,30). The molecule has 32 heavy (non-hydrogen) atoms. The van der Waals surface area contributed by atoms with Crippen molar-refractivity contribution in [3.05, 3.63) is 75.6 Å². The molecule has 0 fully saturated rings. The van der Waals surface area contributed by atoms with Crippen molar-refractivity contribution in [3.8, 4) is 0 Å². The molecule has 0 aliphatic rings. The molecule has 0 radical (unpaired) electrons. The third kappa shape index (κ3) is 5.70. The minimum absolute atomic E-state index is 0.218. The number of primary amides is 1. The van der Waals surface area contributed by atoms with E-state index in [0.717, 1.165) is 11.1 Å². The molecule has 3 amide bonds. The van der Waals surface area contributed by atoms with Gasteiger partial charge in [0.15, 0.2) is 5.82 Å². The van der Waals surface area contributed by atoms with E-state index >= 15 is 0 Å². The summed E-state index contributed by atoms with van der Waals surface area (Å²) in [6, 6.07) is 14.0. The van der Waals surface area contributed by atoms with Crippen LogP contribution in [0.2, 0.25) is 0 Å². The Hall–Kier alpha value is -3.72. The Bertz CT molecular complexity index is 1110. The number of hydrogen-bond acceptors (Lipinski definition) is 6. The maximum Gasteiger partial charge on any atom is 0.265 e. The van der Waals surface area contributed by atoms with E-state index < -0.39 is 11.9 Å². The molecule has 1 unspecified atom stereocenters. The first kappa shape index (κ1) is 23.0. The second kappa shape index (κ2) is 10.5. The Morgan fingerprint density at radius 3 is 2.50 bits per heavy atom. The molecule has 0 spiro atoms. The molecule has 0 saturated carbocycles. The highest BCUT2D eigenvalue weighted by atomic mass is 32.1. The molecule has 9 heteroatoms. The first-order valence-corrected chi connectivity index (χ1v) is 11.0. The molecule has 3 aromatic rings. The number of nitrogens with one attached hydrogen (secondary N) is 3. The molecular weight excluding hydrogens is 426 g/mol. The number of aryl methyl sites for hydroxylation is 1. The second-order valence-electron chi connectivity index (χ2n) is 7.19. The summed E-state index contributed by atoms with van der Waals surface area (Å²) in [6.45, 7) is 4.03. The van der Waals surface area contributed by atoms with Crippen molar-refractivity contribution >= 4 is 40.6 Å². The number of hydrogen-bond donors (Lipinski definition) is 4. The number of benzene rings is 2. The fraction of sp³-hybridized carbons (Fsp3) is 0.217. The van der Waals surface area contributed by atoms with E-state index in [9.17, 15) is 14.4 Å². The predicted octanol–water partition coefficient (Wildman–Crippen LogP) is 3.12. The number of carbonyl (C=O) groups excluding carboxylic acids is 3. The van der Waals surface area contributed by atoms with E-state index in [4.69, 9.17) is 5.73 Å². The molecule has 0 bridgehead atoms. The van der Waals surface area contributed by atoms with E-state index in [2.05, 4.69) is 20.9 Å². The van der Waals surface area contributed by atoms with Gasteiger partial charge in [0.2, 0.25) is 5.91 Å². The van der Waals surface area contributed by atoms with Gasteiger partial charge in [0.25, 0.3) is 11.8 Å². The van der Waals surface area contributed by atoms with Crippen molar-refractivity contribution in [1.82, 2.24) is 15.6 Å². The van der Waals surface area contributed by atoms with Crippen LogP contribution in [0.5, 0.6) is 0 Å². The van der Waals surface area contributed by atoms with E-state index in [0.29, 0.717) is 34.9 Å². The second-order valence-corrected chi connectivity index (χ2v) is 8.04. The van der Waals surface area contributed by atoms with Gasteiger partial charge in [0.05, 0.1) is 5.51 Å². The van der Waals surface area contributed by atoms with Gasteiger partial charge < -0.3 is 21.7 Å². The number of nitrogens with zero attached hydrogens (tertiary/aromatic N) is 1. The summed E-state index contributed by atoms with van der Waals surface area (Å²) in [5.41, 5.74) is 9.81. The molecule has 8 nitrogen and oxygen atoms in total. The Morgan fingerprint density at radius 2 is 1.84 bits per heavy atom. The number of amides is 3. The minimum Gasteiger partial charge on any atom is -0.368 e. The van der Waals surface area contributed by atoms with Crippen molar-refractivity contribution in [2.24, 2.45) is 5.73 Å². The van der Waals surface area contributed by atoms with Gasteiger partial charge in [0, 0.05) is 17.8 Å². The van der Waals surface area contributed by atoms with E-state index in [1.165, 1.54) is 11.3 Å². The van der Waals surface area contributed by atoms with Crippen molar-refractivity contribution < 1.29 is 14.4 Å². The van der Waals surface area contributed by atoms with Crippen molar-refractivity contribution in [1.29, 1.82) is 0 Å². The smallest absolute Gasteiger partial charge is 0.265 e. The summed E-state index contributed by atoms with van der Waals surface area (Å²) >= 11 is 1.24. The number of anilines is 2. The van der Waals surface area contributed by atoms with Gasteiger partial charge in [0.1, 0.15) is 10.9 Å². The summed E-state index contributed by atoms with van der Waals surface area (Å²) in [6.07, 6.45) is 0.415. The highest BCUT2D eigenvalue weighted by molar-refractivity contribution is 7.12. The van der Waals surface area contributed by atoms with Crippen LogP contribution in [-0.2, 0) is 11.3 Å². The Balaban J connectivity index is 1.68. The minimum atomic E-state index is -0.715. The first-order valence-electron chi connectivity index (χ1n) is 10.1. The van der Waals surface area contributed by atoms with Gasteiger partial charge in [-0.3, -0.25) is 14.4 Å². The molecule has 166 valence electrons. The highest BCUT2D eigenvalue weighted by Gasteiger charge is 2.18. The van der Waals surface area contributed by atoms with Crippen LogP contribution in [0.3, 0.4) is 0 Å². The van der Waals surface area contributed by atoms with Crippen LogP contribution in [0.4, 0.5) is 11.5 Å². The first-order chi connectivity index (χ1) is 15.4. The number of aromatic nitrogens is 1. The van der Waals surface area contributed by atoms with Gasteiger partial charge >= 0.3 is 0 Å². The monoisotopic (exact) mass is 451 g/mol. The van der Waals surface area contributed by atoms with Crippen molar-refractivity contribution in [2.45, 2.75) is 32.9 Å². The third-order valence-corrected chi connectivity index (χ3v) is 5.69. The fourth-order valence-corrected chi connectivity index (χ4v) is 3.70. The Kier molecular flexibility index (Phi) is 7.56. The van der Waals surface area contributed by atoms with Gasteiger partial charge in [-0.05, 0) is 42.7 Å². The summed E-state index contributed by atoms with van der Waals surface area (Å²) in [5.74, 6) is -0.720. The third-order valence-electron chi connectivity index (χ3n) is 4.87. The molecular formula is C23H25N5O3S. The lowest BCUT2D eigenvalue weighted by Gasteiger charge is -2.15. The molecule has 1 aromatic heterocycles. The quantitative estimate of drug-likeness (QED) is 0.398. The lowest BCUT2D eigenvalue weighted by atomic mass is 10.1. The zero-order valence-electron chi connectivity index (χ0n) is 17.8. The fourth-order valence-electron chi connectivity index (χ4n) is 3.04. The summed E-state index contributed by atoms with van der Waals surface area (Å²) in [5, 5.41) is 8.70. The maximum absolute atomic E-state index is 12.6. The number of nitrogens with two attached hydrogens (primary N) is 1. The van der Waals surface area contributed by atoms with Crippen molar-refractivity contribution in [3.63, 3.8) is 0 Å². The van der Waals surface area contributed by atoms with Crippen LogP contribution < -0.4 is 21.7 Å². The lowest BCUT2D eigenvalue weighted by molar-refractivity contribution is -0.119. The molecule has 0 aliphatic heterocycles. The van der Waals surface area contributed by atoms with Crippen LogP contribution in [0, 0.1) is 6.92 Å². The summed E-state index contributed by atoms with van der Waals surface area (Å²) in [4.78, 5) is 41.2. The van der Waals surface area contributed by atoms with Gasteiger partial charge in [-0.25, -0.2) is 4.98 Å².